The van der Waals surface area contributed by atoms with Gasteiger partial charge in [0.05, 0.1) is 0 Å². The van der Waals surface area contributed by atoms with Crippen molar-refractivity contribution in [1.82, 2.24) is 5.32 Å². The Hall–Kier alpha value is -1.02. The average Bonchev–Trinajstić information content (AvgIpc) is 2.38. The summed E-state index contributed by atoms with van der Waals surface area (Å²) in [5.41, 5.74) is 4.38. The SMILES string of the molecule is CCC1(C)CN(c2ccc(C)cc2C)C(C(C)C)CN1. The third kappa shape index (κ3) is 3.01. The van der Waals surface area contributed by atoms with Gasteiger partial charge in [0.1, 0.15) is 0 Å². The highest BCUT2D eigenvalue weighted by Crippen LogP contribution is 2.31. The van der Waals surface area contributed by atoms with E-state index in [-0.39, 0.29) is 5.54 Å². The van der Waals surface area contributed by atoms with E-state index in [4.69, 9.17) is 0 Å². The molecule has 1 aliphatic heterocycles. The van der Waals surface area contributed by atoms with E-state index in [0.29, 0.717) is 12.0 Å². The van der Waals surface area contributed by atoms with E-state index in [1.165, 1.54) is 23.2 Å². The van der Waals surface area contributed by atoms with E-state index in [1.807, 2.05) is 0 Å². The second kappa shape index (κ2) is 5.77. The predicted molar refractivity (Wildman–Crippen MR) is 88.6 cm³/mol. The van der Waals surface area contributed by atoms with Crippen LogP contribution < -0.4 is 10.2 Å². The molecule has 20 heavy (non-hydrogen) atoms. The molecule has 0 spiro atoms. The van der Waals surface area contributed by atoms with Gasteiger partial charge in [-0.05, 0) is 44.7 Å². The molecule has 2 heteroatoms. The average molecular weight is 274 g/mol. The molecule has 2 atom stereocenters. The van der Waals surface area contributed by atoms with Crippen molar-refractivity contribution in [3.05, 3.63) is 29.3 Å². The molecule has 1 fully saturated rings. The van der Waals surface area contributed by atoms with Crippen molar-refractivity contribution in [2.24, 2.45) is 5.92 Å². The second-order valence-corrected chi connectivity index (χ2v) is 7.02. The summed E-state index contributed by atoms with van der Waals surface area (Å²) in [7, 11) is 0. The van der Waals surface area contributed by atoms with Crippen LogP contribution in [0.25, 0.3) is 0 Å². The van der Waals surface area contributed by atoms with Gasteiger partial charge in [-0.1, -0.05) is 38.5 Å². The van der Waals surface area contributed by atoms with Crippen LogP contribution >= 0.6 is 0 Å². The molecule has 1 N–H and O–H groups in total. The van der Waals surface area contributed by atoms with Crippen molar-refractivity contribution in [2.75, 3.05) is 18.0 Å². The molecule has 1 heterocycles. The van der Waals surface area contributed by atoms with Crippen LogP contribution in [0.1, 0.15) is 45.2 Å². The van der Waals surface area contributed by atoms with E-state index >= 15 is 0 Å². The summed E-state index contributed by atoms with van der Waals surface area (Å²) < 4.78 is 0. The molecule has 1 saturated heterocycles. The zero-order valence-electron chi connectivity index (χ0n) is 14.0. The number of hydrogen-bond acceptors (Lipinski definition) is 2. The monoisotopic (exact) mass is 274 g/mol. The fourth-order valence-electron chi connectivity index (χ4n) is 3.23. The van der Waals surface area contributed by atoms with Gasteiger partial charge in [-0.15, -0.1) is 0 Å². The van der Waals surface area contributed by atoms with Gasteiger partial charge in [-0.2, -0.15) is 0 Å². The van der Waals surface area contributed by atoms with Crippen LogP contribution in [0.4, 0.5) is 5.69 Å². The quantitative estimate of drug-likeness (QED) is 0.899. The zero-order valence-corrected chi connectivity index (χ0v) is 14.0. The molecular formula is C18H30N2. The first-order valence-corrected chi connectivity index (χ1v) is 7.95. The van der Waals surface area contributed by atoms with Crippen molar-refractivity contribution in [2.45, 2.75) is 59.5 Å². The first-order chi connectivity index (χ1) is 9.36. The van der Waals surface area contributed by atoms with E-state index in [0.717, 1.165) is 13.1 Å². The molecule has 1 aromatic carbocycles. The summed E-state index contributed by atoms with van der Waals surface area (Å²) in [6.07, 6.45) is 1.17. The van der Waals surface area contributed by atoms with Crippen LogP contribution in [0.2, 0.25) is 0 Å². The Morgan fingerprint density at radius 1 is 1.35 bits per heavy atom. The fourth-order valence-corrected chi connectivity index (χ4v) is 3.23. The van der Waals surface area contributed by atoms with Gasteiger partial charge in [0.25, 0.3) is 0 Å². The number of piperazine rings is 1. The van der Waals surface area contributed by atoms with Gasteiger partial charge in [0.15, 0.2) is 0 Å². The largest absolute Gasteiger partial charge is 0.365 e. The van der Waals surface area contributed by atoms with Gasteiger partial charge in [0.2, 0.25) is 0 Å². The number of benzene rings is 1. The Morgan fingerprint density at radius 2 is 2.05 bits per heavy atom. The highest BCUT2D eigenvalue weighted by molar-refractivity contribution is 5.56. The second-order valence-electron chi connectivity index (χ2n) is 7.02. The van der Waals surface area contributed by atoms with E-state index in [1.54, 1.807) is 0 Å². The maximum absolute atomic E-state index is 3.77. The summed E-state index contributed by atoms with van der Waals surface area (Å²) >= 11 is 0. The highest BCUT2D eigenvalue weighted by Gasteiger charge is 2.36. The number of aryl methyl sites for hydroxylation is 2. The van der Waals surface area contributed by atoms with Crippen LogP contribution in [0.3, 0.4) is 0 Å². The molecule has 112 valence electrons. The lowest BCUT2D eigenvalue weighted by atomic mass is 9.89. The molecule has 0 radical (unpaired) electrons. The number of nitrogens with one attached hydrogen (secondary N) is 1. The molecule has 2 rings (SSSR count). The molecule has 1 aliphatic rings. The third-order valence-electron chi connectivity index (χ3n) is 4.87. The summed E-state index contributed by atoms with van der Waals surface area (Å²) in [6.45, 7) is 15.9. The summed E-state index contributed by atoms with van der Waals surface area (Å²) in [4.78, 5) is 2.64. The molecule has 0 amide bonds. The van der Waals surface area contributed by atoms with Gasteiger partial charge < -0.3 is 10.2 Å². The highest BCUT2D eigenvalue weighted by atomic mass is 15.3. The first kappa shape index (κ1) is 15.4. The van der Waals surface area contributed by atoms with Crippen LogP contribution in [0.15, 0.2) is 18.2 Å². The predicted octanol–water partition coefficient (Wildman–Crippen LogP) is 3.91. The number of rotatable bonds is 3. The van der Waals surface area contributed by atoms with Crippen molar-refractivity contribution in [1.29, 1.82) is 0 Å². The lowest BCUT2D eigenvalue weighted by Gasteiger charge is -2.49. The number of nitrogens with zero attached hydrogens (tertiary/aromatic N) is 1. The molecule has 1 aromatic rings. The Labute approximate surface area is 124 Å². The molecule has 0 bridgehead atoms. The van der Waals surface area contributed by atoms with Gasteiger partial charge in [0, 0.05) is 30.4 Å². The van der Waals surface area contributed by atoms with Crippen LogP contribution in [-0.4, -0.2) is 24.7 Å². The molecule has 2 nitrogen and oxygen atoms in total. The minimum absolute atomic E-state index is 0.225. The lowest BCUT2D eigenvalue weighted by molar-refractivity contribution is 0.253. The molecule has 0 aromatic heterocycles. The Bertz CT molecular complexity index is 466. The van der Waals surface area contributed by atoms with Crippen LogP contribution in [0.5, 0.6) is 0 Å². The Kier molecular flexibility index (Phi) is 4.43. The maximum atomic E-state index is 3.77. The van der Waals surface area contributed by atoms with E-state index in [9.17, 15) is 0 Å². The summed E-state index contributed by atoms with van der Waals surface area (Å²) in [5.74, 6) is 0.657. The minimum atomic E-state index is 0.225. The Morgan fingerprint density at radius 3 is 2.60 bits per heavy atom. The molecule has 0 aliphatic carbocycles. The molecule has 0 saturated carbocycles. The standard InChI is InChI=1S/C18H30N2/c1-7-18(6)12-20(17(11-19-18)13(2)3)16-9-8-14(4)10-15(16)5/h8-10,13,17,19H,7,11-12H2,1-6H3. The lowest BCUT2D eigenvalue weighted by Crippen LogP contribution is -2.64. The van der Waals surface area contributed by atoms with Crippen LogP contribution in [0, 0.1) is 19.8 Å². The van der Waals surface area contributed by atoms with Crippen LogP contribution in [-0.2, 0) is 0 Å². The fraction of sp³-hybridized carbons (Fsp3) is 0.667. The van der Waals surface area contributed by atoms with Crippen molar-refractivity contribution in [3.63, 3.8) is 0 Å². The topological polar surface area (TPSA) is 15.3 Å². The maximum Gasteiger partial charge on any atom is 0.0438 e. The number of hydrogen-bond donors (Lipinski definition) is 1. The van der Waals surface area contributed by atoms with Gasteiger partial charge >= 0.3 is 0 Å². The van der Waals surface area contributed by atoms with Crippen molar-refractivity contribution in [3.8, 4) is 0 Å². The van der Waals surface area contributed by atoms with E-state index in [2.05, 4.69) is 70.0 Å². The van der Waals surface area contributed by atoms with Crippen molar-refractivity contribution < 1.29 is 0 Å². The molecular weight excluding hydrogens is 244 g/mol. The third-order valence-corrected chi connectivity index (χ3v) is 4.87. The van der Waals surface area contributed by atoms with E-state index < -0.39 is 0 Å². The summed E-state index contributed by atoms with van der Waals surface area (Å²) in [5, 5.41) is 3.77. The van der Waals surface area contributed by atoms with Gasteiger partial charge in [-0.3, -0.25) is 0 Å². The Balaban J connectivity index is 2.36. The number of anilines is 1. The van der Waals surface area contributed by atoms with Gasteiger partial charge in [-0.25, -0.2) is 0 Å². The zero-order chi connectivity index (χ0) is 14.9. The smallest absolute Gasteiger partial charge is 0.0438 e. The normalized spacial score (nSPS) is 27.1. The minimum Gasteiger partial charge on any atom is -0.365 e. The first-order valence-electron chi connectivity index (χ1n) is 7.95. The summed E-state index contributed by atoms with van der Waals surface area (Å²) in [6, 6.07) is 7.43. The van der Waals surface area contributed by atoms with Crippen molar-refractivity contribution >= 4 is 5.69 Å². The molecule has 2 unspecified atom stereocenters.